The molecule has 2 aromatic rings. The average molecular weight is 288 g/mol. The molecule has 1 N–H and O–H groups in total. The van der Waals surface area contributed by atoms with E-state index in [4.69, 9.17) is 17.1 Å². The molecule has 0 amide bonds. The Kier molecular flexibility index (Phi) is 4.30. The third kappa shape index (κ3) is 2.78. The van der Waals surface area contributed by atoms with Crippen LogP contribution in [0.5, 0.6) is 0 Å². The molecule has 2 aromatic carbocycles. The summed E-state index contributed by atoms with van der Waals surface area (Å²) in [6.45, 7) is 1.70. The Balaban J connectivity index is 2.49. The first-order valence-electron chi connectivity index (χ1n) is 6.13. The third-order valence-electron chi connectivity index (χ3n) is 3.33. The quantitative estimate of drug-likeness (QED) is 0.498. The van der Waals surface area contributed by atoms with Crippen molar-refractivity contribution in [2.75, 3.05) is 0 Å². The van der Waals surface area contributed by atoms with E-state index in [-0.39, 0.29) is 0 Å². The Morgan fingerprint density at radius 3 is 2.30 bits per heavy atom. The van der Waals surface area contributed by atoms with Crippen molar-refractivity contribution in [2.24, 2.45) is 5.11 Å². The van der Waals surface area contributed by atoms with E-state index in [1.807, 2.05) is 18.2 Å². The van der Waals surface area contributed by atoms with Gasteiger partial charge in [-0.25, -0.2) is 0 Å². The molecule has 0 heterocycles. The number of azide groups is 1. The zero-order valence-corrected chi connectivity index (χ0v) is 11.7. The van der Waals surface area contributed by atoms with E-state index >= 15 is 0 Å². The van der Waals surface area contributed by atoms with E-state index in [9.17, 15) is 5.11 Å². The maximum absolute atomic E-state index is 10.6. The number of nitrogens with zero attached hydrogens (tertiary/aromatic N) is 3. The summed E-state index contributed by atoms with van der Waals surface area (Å²) < 4.78 is 0. The third-order valence-corrected chi connectivity index (χ3v) is 3.58. The Morgan fingerprint density at radius 2 is 1.75 bits per heavy atom. The van der Waals surface area contributed by atoms with E-state index < -0.39 is 11.6 Å². The topological polar surface area (TPSA) is 69.0 Å². The summed E-state index contributed by atoms with van der Waals surface area (Å²) >= 11 is 5.87. The lowest BCUT2D eigenvalue weighted by Gasteiger charge is -2.30. The molecule has 0 aliphatic heterocycles. The van der Waals surface area contributed by atoms with E-state index in [0.717, 1.165) is 0 Å². The number of hydrogen-bond acceptors (Lipinski definition) is 2. The molecule has 0 fully saturated rings. The highest BCUT2D eigenvalue weighted by molar-refractivity contribution is 6.30. The highest BCUT2D eigenvalue weighted by Crippen LogP contribution is 2.39. The number of benzene rings is 2. The Morgan fingerprint density at radius 1 is 1.15 bits per heavy atom. The van der Waals surface area contributed by atoms with Crippen LogP contribution in [0.15, 0.2) is 59.7 Å². The van der Waals surface area contributed by atoms with Crippen LogP contribution in [0, 0.1) is 0 Å². The lowest BCUT2D eigenvalue weighted by molar-refractivity contribution is 0.0934. The van der Waals surface area contributed by atoms with E-state index in [1.165, 1.54) is 0 Å². The number of aliphatic hydroxyl groups excluding tert-OH is 1. The molecule has 0 aliphatic carbocycles. The van der Waals surface area contributed by atoms with Crippen LogP contribution in [-0.4, -0.2) is 5.11 Å². The molecule has 0 aromatic heterocycles. The summed E-state index contributed by atoms with van der Waals surface area (Å²) in [5.74, 6) is 0. The van der Waals surface area contributed by atoms with Crippen molar-refractivity contribution in [2.45, 2.75) is 18.6 Å². The molecule has 0 saturated heterocycles. The Labute approximate surface area is 122 Å². The molecular formula is C15H14ClN3O. The molecule has 0 unspecified atom stereocenters. The van der Waals surface area contributed by atoms with Gasteiger partial charge in [-0.3, -0.25) is 0 Å². The largest absolute Gasteiger partial charge is 0.387 e. The molecule has 4 nitrogen and oxygen atoms in total. The SMILES string of the molecule is C[C@](N=[N+]=[N-])(c1ccc(Cl)cc1)[C@H](O)c1ccccc1. The van der Waals surface area contributed by atoms with Crippen molar-refractivity contribution < 1.29 is 5.11 Å². The first-order valence-corrected chi connectivity index (χ1v) is 6.51. The number of rotatable bonds is 4. The molecule has 0 radical (unpaired) electrons. The fourth-order valence-electron chi connectivity index (χ4n) is 2.11. The zero-order chi connectivity index (χ0) is 14.6. The minimum absolute atomic E-state index is 0.589. The molecule has 5 heteroatoms. The maximum atomic E-state index is 10.6. The van der Waals surface area contributed by atoms with Gasteiger partial charge in [0, 0.05) is 9.93 Å². The van der Waals surface area contributed by atoms with Gasteiger partial charge in [0.15, 0.2) is 0 Å². The van der Waals surface area contributed by atoms with Crippen LogP contribution < -0.4 is 0 Å². The summed E-state index contributed by atoms with van der Waals surface area (Å²) in [4.78, 5) is 2.89. The zero-order valence-electron chi connectivity index (χ0n) is 10.9. The van der Waals surface area contributed by atoms with Crippen LogP contribution in [0.4, 0.5) is 0 Å². The highest BCUT2D eigenvalue weighted by atomic mass is 35.5. The van der Waals surface area contributed by atoms with Crippen molar-refractivity contribution in [1.82, 2.24) is 0 Å². The van der Waals surface area contributed by atoms with Crippen molar-refractivity contribution in [1.29, 1.82) is 0 Å². The molecule has 0 spiro atoms. The van der Waals surface area contributed by atoms with Gasteiger partial charge in [-0.05, 0) is 35.7 Å². The average Bonchev–Trinajstić information content (AvgIpc) is 2.48. The Bertz CT molecular complexity index is 623. The van der Waals surface area contributed by atoms with Gasteiger partial charge in [0.25, 0.3) is 0 Å². The van der Waals surface area contributed by atoms with Crippen LogP contribution in [0.2, 0.25) is 5.02 Å². The van der Waals surface area contributed by atoms with E-state index in [0.29, 0.717) is 16.1 Å². The Hall–Kier alpha value is -2.00. The predicted molar refractivity (Wildman–Crippen MR) is 79.4 cm³/mol. The molecule has 0 bridgehead atoms. The van der Waals surface area contributed by atoms with Crippen LogP contribution >= 0.6 is 11.6 Å². The highest BCUT2D eigenvalue weighted by Gasteiger charge is 2.35. The summed E-state index contributed by atoms with van der Waals surface area (Å²) in [7, 11) is 0. The molecule has 0 aliphatic rings. The number of hydrogen-bond donors (Lipinski definition) is 1. The lowest BCUT2D eigenvalue weighted by Crippen LogP contribution is -2.27. The molecule has 0 saturated carbocycles. The first kappa shape index (κ1) is 14.4. The summed E-state index contributed by atoms with van der Waals surface area (Å²) in [6, 6.07) is 16.0. The van der Waals surface area contributed by atoms with Gasteiger partial charge in [-0.15, -0.1) is 0 Å². The van der Waals surface area contributed by atoms with Gasteiger partial charge < -0.3 is 5.11 Å². The summed E-state index contributed by atoms with van der Waals surface area (Å²) in [5.41, 5.74) is 9.13. The fourth-order valence-corrected chi connectivity index (χ4v) is 2.24. The summed E-state index contributed by atoms with van der Waals surface area (Å²) in [6.07, 6.45) is -0.944. The molecule has 102 valence electrons. The normalized spacial score (nSPS) is 14.9. The fraction of sp³-hybridized carbons (Fsp3) is 0.200. The lowest BCUT2D eigenvalue weighted by atomic mass is 9.84. The molecule has 20 heavy (non-hydrogen) atoms. The van der Waals surface area contributed by atoms with Gasteiger partial charge in [-0.1, -0.05) is 59.2 Å². The minimum Gasteiger partial charge on any atom is -0.387 e. The van der Waals surface area contributed by atoms with Crippen molar-refractivity contribution in [3.63, 3.8) is 0 Å². The second-order valence-corrected chi connectivity index (χ2v) is 5.09. The van der Waals surface area contributed by atoms with Gasteiger partial charge in [0.2, 0.25) is 0 Å². The standard InChI is InChI=1S/C15H14ClN3O/c1-15(18-19-17,12-7-9-13(16)10-8-12)14(20)11-5-3-2-4-6-11/h2-10,14,20H,1H3/t14-,15+/m1/s1. The van der Waals surface area contributed by atoms with Gasteiger partial charge in [-0.2, -0.15) is 0 Å². The van der Waals surface area contributed by atoms with Crippen LogP contribution in [-0.2, 0) is 5.54 Å². The van der Waals surface area contributed by atoms with E-state index in [1.54, 1.807) is 43.3 Å². The maximum Gasteiger partial charge on any atom is 0.101 e. The van der Waals surface area contributed by atoms with Crippen LogP contribution in [0.25, 0.3) is 10.4 Å². The number of halogens is 1. The smallest absolute Gasteiger partial charge is 0.101 e. The number of aliphatic hydroxyl groups is 1. The van der Waals surface area contributed by atoms with Crippen molar-refractivity contribution in [3.05, 3.63) is 81.2 Å². The van der Waals surface area contributed by atoms with Crippen LogP contribution in [0.3, 0.4) is 0 Å². The monoisotopic (exact) mass is 287 g/mol. The first-order chi connectivity index (χ1) is 9.58. The van der Waals surface area contributed by atoms with Gasteiger partial charge in [0.05, 0.1) is 6.10 Å². The van der Waals surface area contributed by atoms with Crippen molar-refractivity contribution >= 4 is 11.6 Å². The van der Waals surface area contributed by atoms with Crippen molar-refractivity contribution in [3.8, 4) is 0 Å². The van der Waals surface area contributed by atoms with Crippen LogP contribution in [0.1, 0.15) is 24.2 Å². The molecule has 2 rings (SSSR count). The minimum atomic E-state index is -1.10. The molecular weight excluding hydrogens is 274 g/mol. The second kappa shape index (κ2) is 5.97. The summed E-state index contributed by atoms with van der Waals surface area (Å²) in [5, 5.41) is 15.0. The van der Waals surface area contributed by atoms with Gasteiger partial charge >= 0.3 is 0 Å². The molecule has 2 atom stereocenters. The van der Waals surface area contributed by atoms with E-state index in [2.05, 4.69) is 10.0 Å². The second-order valence-electron chi connectivity index (χ2n) is 4.66. The van der Waals surface area contributed by atoms with Gasteiger partial charge in [0.1, 0.15) is 5.54 Å². The predicted octanol–water partition coefficient (Wildman–Crippen LogP) is 4.60.